The summed E-state index contributed by atoms with van der Waals surface area (Å²) < 4.78 is 5.12. The van der Waals surface area contributed by atoms with Crippen molar-refractivity contribution in [3.8, 4) is 0 Å². The van der Waals surface area contributed by atoms with Crippen molar-refractivity contribution >= 4 is 11.9 Å². The molecule has 0 radical (unpaired) electrons. The number of carbonyl (C=O) groups is 2. The van der Waals surface area contributed by atoms with E-state index >= 15 is 0 Å². The highest BCUT2D eigenvalue weighted by atomic mass is 16.5. The molecule has 1 aliphatic carbocycles. The molecular weight excluding hydrogens is 280 g/mol. The van der Waals surface area contributed by atoms with Gasteiger partial charge in [-0.3, -0.25) is 14.6 Å². The number of amides is 1. The van der Waals surface area contributed by atoms with Crippen LogP contribution in [-0.4, -0.2) is 23.5 Å². The predicted molar refractivity (Wildman–Crippen MR) is 82.8 cm³/mol. The average Bonchev–Trinajstić information content (AvgIpc) is 2.55. The van der Waals surface area contributed by atoms with Gasteiger partial charge in [-0.1, -0.05) is 25.3 Å². The van der Waals surface area contributed by atoms with E-state index in [-0.39, 0.29) is 11.8 Å². The highest BCUT2D eigenvalue weighted by Crippen LogP contribution is 2.31. The summed E-state index contributed by atoms with van der Waals surface area (Å²) in [6.45, 7) is 2.45. The van der Waals surface area contributed by atoms with E-state index in [0.717, 1.165) is 31.2 Å². The number of ether oxygens (including phenoxy) is 1. The Labute approximate surface area is 131 Å². The van der Waals surface area contributed by atoms with Gasteiger partial charge in [0.05, 0.1) is 6.61 Å². The number of rotatable bonds is 6. The van der Waals surface area contributed by atoms with Crippen LogP contribution in [0, 0.1) is 11.8 Å². The molecule has 1 saturated carbocycles. The van der Waals surface area contributed by atoms with Crippen LogP contribution in [-0.2, 0) is 20.9 Å². The summed E-state index contributed by atoms with van der Waals surface area (Å²) in [4.78, 5) is 28.7. The van der Waals surface area contributed by atoms with Crippen molar-refractivity contribution in [2.24, 2.45) is 11.8 Å². The van der Waals surface area contributed by atoms with Crippen molar-refractivity contribution in [1.82, 2.24) is 10.3 Å². The Hall–Kier alpha value is -1.91. The van der Waals surface area contributed by atoms with Crippen LogP contribution in [0.4, 0.5) is 0 Å². The third-order valence-corrected chi connectivity index (χ3v) is 4.13. The van der Waals surface area contributed by atoms with E-state index in [1.807, 2.05) is 12.1 Å². The van der Waals surface area contributed by atoms with Crippen molar-refractivity contribution in [2.75, 3.05) is 6.61 Å². The smallest absolute Gasteiger partial charge is 0.318 e. The van der Waals surface area contributed by atoms with Crippen LogP contribution in [0.5, 0.6) is 0 Å². The van der Waals surface area contributed by atoms with Crippen LogP contribution in [0.1, 0.15) is 44.6 Å². The van der Waals surface area contributed by atoms with Crippen LogP contribution < -0.4 is 5.32 Å². The zero-order valence-electron chi connectivity index (χ0n) is 13.1. The van der Waals surface area contributed by atoms with Gasteiger partial charge in [-0.15, -0.1) is 0 Å². The fraction of sp³-hybridized carbons (Fsp3) is 0.588. The van der Waals surface area contributed by atoms with Gasteiger partial charge in [-0.25, -0.2) is 0 Å². The normalized spacial score (nSPS) is 16.8. The van der Waals surface area contributed by atoms with Crippen molar-refractivity contribution < 1.29 is 14.3 Å². The molecule has 1 heterocycles. The highest BCUT2D eigenvalue weighted by molar-refractivity contribution is 5.98. The predicted octanol–water partition coefficient (Wildman–Crippen LogP) is 2.46. The average molecular weight is 304 g/mol. The SMILES string of the molecule is CCOC(=O)C(C(=O)NCc1cccnc1)C1CCCCC1. The molecular formula is C17H24N2O3. The van der Waals surface area contributed by atoms with Crippen molar-refractivity contribution in [3.05, 3.63) is 30.1 Å². The second-order valence-corrected chi connectivity index (χ2v) is 5.71. The molecule has 1 aromatic heterocycles. The van der Waals surface area contributed by atoms with Gasteiger partial charge in [0.15, 0.2) is 0 Å². The summed E-state index contributed by atoms with van der Waals surface area (Å²) >= 11 is 0. The lowest BCUT2D eigenvalue weighted by molar-refractivity contribution is -0.155. The molecule has 0 saturated heterocycles. The maximum Gasteiger partial charge on any atom is 0.318 e. The van der Waals surface area contributed by atoms with Gasteiger partial charge in [-0.05, 0) is 37.3 Å². The van der Waals surface area contributed by atoms with Gasteiger partial charge < -0.3 is 10.1 Å². The molecule has 0 bridgehead atoms. The summed E-state index contributed by atoms with van der Waals surface area (Å²) in [5.41, 5.74) is 0.919. The third kappa shape index (κ3) is 4.55. The Kier molecular flexibility index (Phi) is 6.37. The molecule has 1 aromatic rings. The molecule has 1 atom stereocenters. The minimum absolute atomic E-state index is 0.0988. The molecule has 5 heteroatoms. The van der Waals surface area contributed by atoms with Gasteiger partial charge in [0.1, 0.15) is 5.92 Å². The molecule has 1 amide bonds. The van der Waals surface area contributed by atoms with E-state index in [9.17, 15) is 9.59 Å². The molecule has 1 aliphatic rings. The molecule has 1 N–H and O–H groups in total. The van der Waals surface area contributed by atoms with E-state index in [2.05, 4.69) is 10.3 Å². The van der Waals surface area contributed by atoms with Crippen molar-refractivity contribution in [3.63, 3.8) is 0 Å². The Morgan fingerprint density at radius 3 is 2.77 bits per heavy atom. The van der Waals surface area contributed by atoms with Gasteiger partial charge in [0.25, 0.3) is 0 Å². The summed E-state index contributed by atoms with van der Waals surface area (Å²) in [7, 11) is 0. The largest absolute Gasteiger partial charge is 0.465 e. The molecule has 0 aliphatic heterocycles. The van der Waals surface area contributed by atoms with Crippen LogP contribution in [0.3, 0.4) is 0 Å². The summed E-state index contributed by atoms with van der Waals surface area (Å²) in [6.07, 6.45) is 8.58. The van der Waals surface area contributed by atoms with Crippen LogP contribution >= 0.6 is 0 Å². The van der Waals surface area contributed by atoms with Gasteiger partial charge in [0, 0.05) is 18.9 Å². The number of nitrogens with one attached hydrogen (secondary N) is 1. The minimum atomic E-state index is -0.683. The third-order valence-electron chi connectivity index (χ3n) is 4.13. The summed E-state index contributed by atoms with van der Waals surface area (Å²) in [6, 6.07) is 3.72. The van der Waals surface area contributed by atoms with E-state index in [1.54, 1.807) is 19.3 Å². The quantitative estimate of drug-likeness (QED) is 0.647. The second kappa shape index (κ2) is 8.51. The van der Waals surface area contributed by atoms with Crippen LogP contribution in [0.2, 0.25) is 0 Å². The summed E-state index contributed by atoms with van der Waals surface area (Å²) in [5, 5.41) is 2.86. The zero-order chi connectivity index (χ0) is 15.8. The first kappa shape index (κ1) is 16.5. The van der Waals surface area contributed by atoms with Gasteiger partial charge in [0.2, 0.25) is 5.91 Å². The molecule has 120 valence electrons. The Balaban J connectivity index is 1.99. The maximum atomic E-state index is 12.5. The fourth-order valence-corrected chi connectivity index (χ4v) is 3.01. The molecule has 0 aromatic carbocycles. The standard InChI is InChI=1S/C17H24N2O3/c1-2-22-17(21)15(14-8-4-3-5-9-14)16(20)19-12-13-7-6-10-18-11-13/h6-7,10-11,14-15H,2-5,8-9,12H2,1H3,(H,19,20). The van der Waals surface area contributed by atoms with Crippen LogP contribution in [0.25, 0.3) is 0 Å². The van der Waals surface area contributed by atoms with Crippen LogP contribution in [0.15, 0.2) is 24.5 Å². The lowest BCUT2D eigenvalue weighted by Gasteiger charge is -2.27. The fourth-order valence-electron chi connectivity index (χ4n) is 3.01. The van der Waals surface area contributed by atoms with E-state index < -0.39 is 11.9 Å². The maximum absolute atomic E-state index is 12.5. The number of esters is 1. The molecule has 0 spiro atoms. The minimum Gasteiger partial charge on any atom is -0.465 e. The zero-order valence-corrected chi connectivity index (χ0v) is 13.1. The first-order chi connectivity index (χ1) is 10.7. The molecule has 22 heavy (non-hydrogen) atoms. The van der Waals surface area contributed by atoms with E-state index in [4.69, 9.17) is 4.74 Å². The Morgan fingerprint density at radius 2 is 2.14 bits per heavy atom. The topological polar surface area (TPSA) is 68.3 Å². The van der Waals surface area contributed by atoms with Gasteiger partial charge in [-0.2, -0.15) is 0 Å². The number of pyridine rings is 1. The van der Waals surface area contributed by atoms with Crippen molar-refractivity contribution in [2.45, 2.75) is 45.6 Å². The Morgan fingerprint density at radius 1 is 1.36 bits per heavy atom. The van der Waals surface area contributed by atoms with Gasteiger partial charge >= 0.3 is 5.97 Å². The van der Waals surface area contributed by atoms with E-state index in [0.29, 0.717) is 13.2 Å². The lowest BCUT2D eigenvalue weighted by atomic mass is 9.79. The number of carbonyl (C=O) groups excluding carboxylic acids is 2. The van der Waals surface area contributed by atoms with E-state index in [1.165, 1.54) is 6.42 Å². The molecule has 1 fully saturated rings. The molecule has 5 nitrogen and oxygen atoms in total. The Bertz CT molecular complexity index is 484. The number of hydrogen-bond donors (Lipinski definition) is 1. The number of aromatic nitrogens is 1. The lowest BCUT2D eigenvalue weighted by Crippen LogP contribution is -2.41. The first-order valence-electron chi connectivity index (χ1n) is 8.05. The highest BCUT2D eigenvalue weighted by Gasteiger charge is 2.36. The molecule has 2 rings (SSSR count). The second-order valence-electron chi connectivity index (χ2n) is 5.71. The monoisotopic (exact) mass is 304 g/mol. The number of hydrogen-bond acceptors (Lipinski definition) is 4. The number of nitrogens with zero attached hydrogens (tertiary/aromatic N) is 1. The van der Waals surface area contributed by atoms with Crippen molar-refractivity contribution in [1.29, 1.82) is 0 Å². The first-order valence-corrected chi connectivity index (χ1v) is 8.05. The molecule has 1 unspecified atom stereocenters. The summed E-state index contributed by atoms with van der Waals surface area (Å²) in [5.74, 6) is -1.20.